The highest BCUT2D eigenvalue weighted by Gasteiger charge is 2.28. The van der Waals surface area contributed by atoms with Crippen molar-refractivity contribution in [1.82, 2.24) is 9.55 Å². The zero-order chi connectivity index (χ0) is 11.8. The Morgan fingerprint density at radius 3 is 3.12 bits per heavy atom. The van der Waals surface area contributed by atoms with Gasteiger partial charge >= 0.3 is 5.97 Å². The number of aromatic carboxylic acids is 1. The fourth-order valence-electron chi connectivity index (χ4n) is 2.06. The summed E-state index contributed by atoms with van der Waals surface area (Å²) < 4.78 is 2.02. The number of nitrogens with zero attached hydrogens (tertiary/aromatic N) is 2. The largest absolute Gasteiger partial charge is 0.478 e. The number of hydrogen-bond acceptors (Lipinski definition) is 3. The van der Waals surface area contributed by atoms with E-state index in [4.69, 9.17) is 5.11 Å². The van der Waals surface area contributed by atoms with Gasteiger partial charge in [0.1, 0.15) is 5.37 Å². The molecule has 0 bridgehead atoms. The summed E-state index contributed by atoms with van der Waals surface area (Å²) >= 11 is 1.72. The summed E-state index contributed by atoms with van der Waals surface area (Å²) in [5, 5.41) is 9.20. The van der Waals surface area contributed by atoms with E-state index in [2.05, 4.69) is 4.98 Å². The summed E-state index contributed by atoms with van der Waals surface area (Å²) in [4.78, 5) is 15.1. The van der Waals surface area contributed by atoms with Gasteiger partial charge in [-0.2, -0.15) is 0 Å². The van der Waals surface area contributed by atoms with Crippen molar-refractivity contribution in [2.75, 3.05) is 0 Å². The van der Waals surface area contributed by atoms with Gasteiger partial charge in [0.2, 0.25) is 0 Å². The Kier molecular flexibility index (Phi) is 2.40. The van der Waals surface area contributed by atoms with E-state index in [0.29, 0.717) is 5.56 Å². The van der Waals surface area contributed by atoms with Crippen molar-refractivity contribution in [3.05, 3.63) is 53.6 Å². The number of aromatic nitrogens is 2. The minimum atomic E-state index is -0.855. The molecule has 3 rings (SSSR count). The molecule has 0 fully saturated rings. The SMILES string of the molecule is O=C(O)c1ccn2c1CS[C@H]2c1cccnc1. The van der Waals surface area contributed by atoms with Gasteiger partial charge in [-0.15, -0.1) is 11.8 Å². The molecule has 0 amide bonds. The Hall–Kier alpha value is -1.75. The smallest absolute Gasteiger partial charge is 0.337 e. The number of carboxylic acids is 1. The van der Waals surface area contributed by atoms with Crippen LogP contribution in [0, 0.1) is 0 Å². The van der Waals surface area contributed by atoms with Gasteiger partial charge in [-0.25, -0.2) is 4.79 Å². The van der Waals surface area contributed by atoms with E-state index in [1.807, 2.05) is 29.1 Å². The van der Waals surface area contributed by atoms with E-state index >= 15 is 0 Å². The molecule has 1 N–H and O–H groups in total. The second kappa shape index (κ2) is 3.92. The van der Waals surface area contributed by atoms with Gasteiger partial charge < -0.3 is 9.67 Å². The third-order valence-electron chi connectivity index (χ3n) is 2.85. The Balaban J connectivity index is 2.03. The highest BCUT2D eigenvalue weighted by Crippen LogP contribution is 2.41. The average molecular weight is 246 g/mol. The van der Waals surface area contributed by atoms with Crippen LogP contribution in [0.3, 0.4) is 0 Å². The molecule has 0 saturated carbocycles. The van der Waals surface area contributed by atoms with Gasteiger partial charge in [0, 0.05) is 35.6 Å². The van der Waals surface area contributed by atoms with E-state index in [1.54, 1.807) is 24.0 Å². The van der Waals surface area contributed by atoms with Gasteiger partial charge in [-0.1, -0.05) is 6.07 Å². The molecule has 0 aromatic carbocycles. The Bertz CT molecular complexity index is 565. The molecule has 86 valence electrons. The van der Waals surface area contributed by atoms with Crippen molar-refractivity contribution in [2.24, 2.45) is 0 Å². The Labute approximate surface area is 102 Å². The summed E-state index contributed by atoms with van der Waals surface area (Å²) in [6.45, 7) is 0. The topological polar surface area (TPSA) is 55.1 Å². The molecule has 0 spiro atoms. The number of carboxylic acid groups (broad SMARTS) is 1. The van der Waals surface area contributed by atoms with Crippen molar-refractivity contribution in [1.29, 1.82) is 0 Å². The van der Waals surface area contributed by atoms with Gasteiger partial charge in [0.15, 0.2) is 0 Å². The highest BCUT2D eigenvalue weighted by molar-refractivity contribution is 7.99. The van der Waals surface area contributed by atoms with Gasteiger partial charge in [-0.05, 0) is 12.1 Å². The lowest BCUT2D eigenvalue weighted by atomic mass is 10.2. The fourth-order valence-corrected chi connectivity index (χ4v) is 3.37. The maximum Gasteiger partial charge on any atom is 0.337 e. The number of rotatable bonds is 2. The van der Waals surface area contributed by atoms with Crippen molar-refractivity contribution in [3.63, 3.8) is 0 Å². The van der Waals surface area contributed by atoms with Crippen LogP contribution in [0.4, 0.5) is 0 Å². The average Bonchev–Trinajstić information content (AvgIpc) is 2.89. The van der Waals surface area contributed by atoms with E-state index in [-0.39, 0.29) is 5.37 Å². The van der Waals surface area contributed by atoms with E-state index < -0.39 is 5.97 Å². The monoisotopic (exact) mass is 246 g/mol. The molecule has 0 aliphatic carbocycles. The number of pyridine rings is 1. The van der Waals surface area contributed by atoms with Crippen LogP contribution in [0.1, 0.15) is 27.0 Å². The van der Waals surface area contributed by atoms with Crippen LogP contribution in [0.2, 0.25) is 0 Å². The number of carbonyl (C=O) groups is 1. The predicted octanol–water partition coefficient (Wildman–Crippen LogP) is 2.38. The van der Waals surface area contributed by atoms with Crippen LogP contribution in [-0.2, 0) is 5.75 Å². The van der Waals surface area contributed by atoms with Crippen molar-refractivity contribution in [3.8, 4) is 0 Å². The first-order chi connectivity index (χ1) is 8.27. The number of hydrogen-bond donors (Lipinski definition) is 1. The standard InChI is InChI=1S/C12H10N2O2S/c15-12(16)9-3-5-14-10(9)7-17-11(14)8-2-1-4-13-6-8/h1-6,11H,7H2,(H,15,16)/t11-/m0/s1. The molecular formula is C12H10N2O2S. The zero-order valence-corrected chi connectivity index (χ0v) is 9.72. The summed E-state index contributed by atoms with van der Waals surface area (Å²) in [6.07, 6.45) is 5.41. The summed E-state index contributed by atoms with van der Waals surface area (Å²) in [5.41, 5.74) is 2.39. The zero-order valence-electron chi connectivity index (χ0n) is 8.91. The Morgan fingerprint density at radius 1 is 1.53 bits per heavy atom. The minimum absolute atomic E-state index is 0.145. The van der Waals surface area contributed by atoms with Crippen LogP contribution in [-0.4, -0.2) is 20.6 Å². The normalized spacial score (nSPS) is 18.0. The van der Waals surface area contributed by atoms with Crippen molar-refractivity contribution < 1.29 is 9.90 Å². The van der Waals surface area contributed by atoms with Crippen molar-refractivity contribution >= 4 is 17.7 Å². The predicted molar refractivity (Wildman–Crippen MR) is 65.1 cm³/mol. The molecule has 0 radical (unpaired) electrons. The third-order valence-corrected chi connectivity index (χ3v) is 4.11. The molecule has 0 saturated heterocycles. The van der Waals surface area contributed by atoms with E-state index in [0.717, 1.165) is 17.0 Å². The van der Waals surface area contributed by atoms with Crippen LogP contribution in [0.5, 0.6) is 0 Å². The van der Waals surface area contributed by atoms with Crippen LogP contribution in [0.15, 0.2) is 36.8 Å². The lowest BCUT2D eigenvalue weighted by Gasteiger charge is -2.11. The van der Waals surface area contributed by atoms with Crippen molar-refractivity contribution in [2.45, 2.75) is 11.1 Å². The molecule has 1 aliphatic heterocycles. The Morgan fingerprint density at radius 2 is 2.41 bits per heavy atom. The first-order valence-electron chi connectivity index (χ1n) is 5.22. The lowest BCUT2D eigenvalue weighted by Crippen LogP contribution is -2.03. The van der Waals surface area contributed by atoms with Gasteiger partial charge in [-0.3, -0.25) is 4.98 Å². The summed E-state index contributed by atoms with van der Waals surface area (Å²) in [5.74, 6) is -0.125. The fraction of sp³-hybridized carbons (Fsp3) is 0.167. The molecule has 2 aromatic rings. The third kappa shape index (κ3) is 1.63. The van der Waals surface area contributed by atoms with Crippen LogP contribution in [0.25, 0.3) is 0 Å². The van der Waals surface area contributed by atoms with E-state index in [9.17, 15) is 4.79 Å². The number of fused-ring (bicyclic) bond motifs is 1. The highest BCUT2D eigenvalue weighted by atomic mass is 32.2. The van der Waals surface area contributed by atoms with Gasteiger partial charge in [0.25, 0.3) is 0 Å². The summed E-state index contributed by atoms with van der Waals surface area (Å²) in [6, 6.07) is 5.58. The molecular weight excluding hydrogens is 236 g/mol. The van der Waals surface area contributed by atoms with Crippen LogP contribution < -0.4 is 0 Å². The maximum atomic E-state index is 11.0. The maximum absolute atomic E-state index is 11.0. The second-order valence-corrected chi connectivity index (χ2v) is 4.91. The first kappa shape index (κ1) is 10.4. The molecule has 1 aliphatic rings. The molecule has 0 unspecified atom stereocenters. The second-order valence-electron chi connectivity index (χ2n) is 3.84. The van der Waals surface area contributed by atoms with Gasteiger partial charge in [0.05, 0.1) is 5.56 Å². The molecule has 17 heavy (non-hydrogen) atoms. The molecule has 3 heterocycles. The van der Waals surface area contributed by atoms with Crippen LogP contribution >= 0.6 is 11.8 Å². The first-order valence-corrected chi connectivity index (χ1v) is 6.27. The van der Waals surface area contributed by atoms with E-state index in [1.165, 1.54) is 0 Å². The molecule has 1 atom stereocenters. The number of thioether (sulfide) groups is 1. The quantitative estimate of drug-likeness (QED) is 0.883. The molecule has 5 heteroatoms. The molecule has 2 aromatic heterocycles. The lowest BCUT2D eigenvalue weighted by molar-refractivity contribution is 0.0696. The summed E-state index contributed by atoms with van der Waals surface area (Å²) in [7, 11) is 0. The minimum Gasteiger partial charge on any atom is -0.478 e. The molecule has 4 nitrogen and oxygen atoms in total.